The Labute approximate surface area is 84.1 Å². The molecule has 1 heterocycles. The maximum atomic E-state index is 12.8. The van der Waals surface area contributed by atoms with Gasteiger partial charge in [-0.15, -0.1) is 0 Å². The van der Waals surface area contributed by atoms with Gasteiger partial charge >= 0.3 is 18.0 Å². The molecule has 0 N–H and O–H groups in total. The van der Waals surface area contributed by atoms with E-state index in [0.717, 1.165) is 6.07 Å². The molecule has 0 fully saturated rings. The molecule has 9 heteroatoms. The minimum Gasteiger partial charge on any atom is -0.235 e. The average Bonchev–Trinajstić information content (AvgIpc) is 2.17. The van der Waals surface area contributed by atoms with Crippen LogP contribution in [0, 0.1) is 6.20 Å². The lowest BCUT2D eigenvalue weighted by molar-refractivity contribution is -0.361. The molecule has 0 aromatic carbocycles. The molecular formula is C7H2F7N2. The van der Waals surface area contributed by atoms with Gasteiger partial charge in [-0.05, 0) is 6.07 Å². The van der Waals surface area contributed by atoms with E-state index in [-0.39, 0.29) is 0 Å². The maximum Gasteiger partial charge on any atom is 0.460 e. The molecule has 0 unspecified atom stereocenters. The predicted octanol–water partition coefficient (Wildman–Crippen LogP) is 2.57. The van der Waals surface area contributed by atoms with Crippen LogP contribution in [0.1, 0.15) is 5.82 Å². The van der Waals surface area contributed by atoms with Gasteiger partial charge in [0.25, 0.3) is 0 Å². The Balaban J connectivity index is 3.22. The van der Waals surface area contributed by atoms with Gasteiger partial charge in [-0.25, -0.2) is 9.97 Å². The number of nitrogens with zero attached hydrogens (tertiary/aromatic N) is 2. The van der Waals surface area contributed by atoms with Crippen molar-refractivity contribution >= 4 is 0 Å². The van der Waals surface area contributed by atoms with E-state index < -0.39 is 23.8 Å². The van der Waals surface area contributed by atoms with E-state index in [1.165, 1.54) is 0 Å². The van der Waals surface area contributed by atoms with E-state index in [4.69, 9.17) is 0 Å². The summed E-state index contributed by atoms with van der Waals surface area (Å²) in [5.74, 6) is -13.7. The number of hydrogen-bond acceptors (Lipinski definition) is 2. The zero-order valence-electron chi connectivity index (χ0n) is 7.19. The summed E-state index contributed by atoms with van der Waals surface area (Å²) >= 11 is 0. The summed E-state index contributed by atoms with van der Waals surface area (Å²) < 4.78 is 85.6. The van der Waals surface area contributed by atoms with Crippen molar-refractivity contribution in [3.63, 3.8) is 0 Å². The largest absolute Gasteiger partial charge is 0.460 e. The van der Waals surface area contributed by atoms with Crippen molar-refractivity contribution in [2.75, 3.05) is 0 Å². The predicted molar refractivity (Wildman–Crippen MR) is 35.8 cm³/mol. The normalized spacial score (nSPS) is 13.9. The summed E-state index contributed by atoms with van der Waals surface area (Å²) in [5, 5.41) is 0. The first-order chi connectivity index (χ1) is 7.11. The number of aromatic nitrogens is 2. The topological polar surface area (TPSA) is 25.8 Å². The zero-order valence-corrected chi connectivity index (χ0v) is 7.19. The van der Waals surface area contributed by atoms with Gasteiger partial charge in [0.05, 0.1) is 6.20 Å². The van der Waals surface area contributed by atoms with E-state index in [1.807, 2.05) is 0 Å². The van der Waals surface area contributed by atoms with Crippen LogP contribution in [0.15, 0.2) is 12.3 Å². The molecule has 2 nitrogen and oxygen atoms in total. The quantitative estimate of drug-likeness (QED) is 0.750. The smallest absolute Gasteiger partial charge is 0.235 e. The molecule has 0 aliphatic heterocycles. The molecule has 1 rings (SSSR count). The van der Waals surface area contributed by atoms with Crippen LogP contribution in [-0.2, 0) is 5.92 Å². The molecule has 0 aliphatic carbocycles. The number of halogens is 7. The highest BCUT2D eigenvalue weighted by Crippen LogP contribution is 2.50. The van der Waals surface area contributed by atoms with Crippen molar-refractivity contribution in [1.82, 2.24) is 9.97 Å². The third kappa shape index (κ3) is 1.81. The maximum absolute atomic E-state index is 12.8. The molecule has 0 spiro atoms. The second kappa shape index (κ2) is 3.56. The fraction of sp³-hybridized carbons (Fsp3) is 0.429. The van der Waals surface area contributed by atoms with E-state index in [1.54, 1.807) is 6.20 Å². The fourth-order valence-electron chi connectivity index (χ4n) is 0.738. The highest BCUT2D eigenvalue weighted by molar-refractivity contribution is 5.05. The monoisotopic (exact) mass is 247 g/mol. The summed E-state index contributed by atoms with van der Waals surface area (Å²) in [6.07, 6.45) is -4.11. The van der Waals surface area contributed by atoms with Gasteiger partial charge in [-0.3, -0.25) is 0 Å². The molecule has 0 bridgehead atoms. The highest BCUT2D eigenvalue weighted by atomic mass is 19.4. The first-order valence-corrected chi connectivity index (χ1v) is 3.62. The fourth-order valence-corrected chi connectivity index (χ4v) is 0.738. The second-order valence-electron chi connectivity index (χ2n) is 2.66. The Morgan fingerprint density at radius 2 is 1.56 bits per heavy atom. The lowest BCUT2D eigenvalue weighted by Gasteiger charge is -2.26. The van der Waals surface area contributed by atoms with Crippen molar-refractivity contribution in [2.24, 2.45) is 0 Å². The van der Waals surface area contributed by atoms with Crippen LogP contribution in [0.3, 0.4) is 0 Å². The summed E-state index contributed by atoms with van der Waals surface area (Å²) in [6, 6.07) is 0.880. The van der Waals surface area contributed by atoms with Gasteiger partial charge < -0.3 is 0 Å². The van der Waals surface area contributed by atoms with E-state index >= 15 is 0 Å². The minimum absolute atomic E-state index is 0.586. The number of hydrogen-bond donors (Lipinski definition) is 0. The molecule has 16 heavy (non-hydrogen) atoms. The van der Waals surface area contributed by atoms with Crippen molar-refractivity contribution in [3.05, 3.63) is 24.3 Å². The Bertz CT molecular complexity index is 359. The van der Waals surface area contributed by atoms with Gasteiger partial charge in [-0.2, -0.15) is 30.7 Å². The Hall–Kier alpha value is -1.41. The average molecular weight is 247 g/mol. The van der Waals surface area contributed by atoms with Gasteiger partial charge in [0, 0.05) is 6.20 Å². The van der Waals surface area contributed by atoms with Crippen LogP contribution in [0.4, 0.5) is 30.7 Å². The Kier molecular flexibility index (Phi) is 2.82. The van der Waals surface area contributed by atoms with E-state index in [9.17, 15) is 30.7 Å². The highest BCUT2D eigenvalue weighted by Gasteiger charge is 2.74. The molecule has 0 saturated heterocycles. The van der Waals surface area contributed by atoms with Crippen LogP contribution in [0.5, 0.6) is 0 Å². The van der Waals surface area contributed by atoms with Gasteiger partial charge in [0.15, 0.2) is 0 Å². The van der Waals surface area contributed by atoms with Crippen molar-refractivity contribution in [2.45, 2.75) is 18.0 Å². The SMILES string of the molecule is FC(F)(F)C(F)(F)C(F)(F)c1n[c]ccn1. The molecule has 0 aliphatic rings. The second-order valence-corrected chi connectivity index (χ2v) is 2.66. The summed E-state index contributed by atoms with van der Waals surface area (Å²) in [4.78, 5) is 5.22. The molecule has 1 aromatic heterocycles. The van der Waals surface area contributed by atoms with Crippen LogP contribution >= 0.6 is 0 Å². The van der Waals surface area contributed by atoms with Crippen LogP contribution in [0.25, 0.3) is 0 Å². The standard InChI is InChI=1S/C7H2F7N2/c8-5(9,4-15-2-1-3-16-4)6(10,11)7(12,13)14/h1-2H. The van der Waals surface area contributed by atoms with Crippen molar-refractivity contribution in [3.8, 4) is 0 Å². The van der Waals surface area contributed by atoms with Crippen LogP contribution < -0.4 is 0 Å². The molecule has 1 aromatic rings. The van der Waals surface area contributed by atoms with Gasteiger partial charge in [0.2, 0.25) is 5.82 Å². The lowest BCUT2D eigenvalue weighted by Crippen LogP contribution is -2.50. The van der Waals surface area contributed by atoms with Gasteiger partial charge in [0.1, 0.15) is 0 Å². The number of rotatable bonds is 2. The summed E-state index contributed by atoms with van der Waals surface area (Å²) in [5.41, 5.74) is 0. The van der Waals surface area contributed by atoms with E-state index in [2.05, 4.69) is 9.97 Å². The third-order valence-electron chi connectivity index (χ3n) is 1.55. The number of alkyl halides is 7. The molecule has 1 radical (unpaired) electrons. The van der Waals surface area contributed by atoms with Gasteiger partial charge in [-0.1, -0.05) is 0 Å². The molecular weight excluding hydrogens is 245 g/mol. The Morgan fingerprint density at radius 1 is 1.00 bits per heavy atom. The van der Waals surface area contributed by atoms with Crippen molar-refractivity contribution in [1.29, 1.82) is 0 Å². The molecule has 89 valence electrons. The lowest BCUT2D eigenvalue weighted by atomic mass is 10.1. The Morgan fingerprint density at radius 3 is 1.94 bits per heavy atom. The first kappa shape index (κ1) is 12.7. The molecule has 0 atom stereocenters. The molecule has 0 saturated carbocycles. The third-order valence-corrected chi connectivity index (χ3v) is 1.55. The van der Waals surface area contributed by atoms with Crippen molar-refractivity contribution < 1.29 is 30.7 Å². The molecule has 0 amide bonds. The van der Waals surface area contributed by atoms with E-state index in [0.29, 0.717) is 6.20 Å². The summed E-state index contributed by atoms with van der Waals surface area (Å²) in [7, 11) is 0. The first-order valence-electron chi connectivity index (χ1n) is 3.62. The zero-order chi connectivity index (χ0) is 12.6. The van der Waals surface area contributed by atoms with Crippen LogP contribution in [0.2, 0.25) is 0 Å². The minimum atomic E-state index is -6.39. The van der Waals surface area contributed by atoms with Crippen LogP contribution in [-0.4, -0.2) is 22.1 Å². The summed E-state index contributed by atoms with van der Waals surface area (Å²) in [6.45, 7) is 0.